The number of carbonyl (C=O) groups excluding carboxylic acids is 1. The van der Waals surface area contributed by atoms with Crippen LogP contribution in [0.3, 0.4) is 0 Å². The number of aromatic nitrogens is 1. The number of nitrogens with zero attached hydrogens (tertiary/aromatic N) is 2. The van der Waals surface area contributed by atoms with Crippen LogP contribution in [-0.2, 0) is 6.54 Å². The molecule has 1 aromatic heterocycles. The zero-order valence-corrected chi connectivity index (χ0v) is 19.2. The molecule has 1 heterocycles. The molecule has 0 bridgehead atoms. The van der Waals surface area contributed by atoms with Gasteiger partial charge in [-0.2, -0.15) is 0 Å². The molecular weight excluding hydrogens is 506 g/mol. The second kappa shape index (κ2) is 10.4. The molecule has 0 aliphatic carbocycles. The average molecular weight is 525 g/mol. The van der Waals surface area contributed by atoms with E-state index >= 15 is 0 Å². The number of carbonyl (C=O) groups is 1. The largest absolute Gasteiger partial charge is 0.497 e. The molecule has 0 aliphatic rings. The summed E-state index contributed by atoms with van der Waals surface area (Å²) in [5, 5.41) is 6.31. The van der Waals surface area contributed by atoms with Gasteiger partial charge in [-0.3, -0.25) is 4.79 Å². The van der Waals surface area contributed by atoms with Crippen LogP contribution in [-0.4, -0.2) is 17.6 Å². The zero-order valence-electron chi connectivity index (χ0n) is 15.1. The number of ether oxygens (including phenoxy) is 1. The van der Waals surface area contributed by atoms with E-state index in [0.717, 1.165) is 21.5 Å². The van der Waals surface area contributed by atoms with Gasteiger partial charge in [-0.15, -0.1) is 40.0 Å². The van der Waals surface area contributed by atoms with Crippen molar-refractivity contribution < 1.29 is 9.53 Å². The summed E-state index contributed by atoms with van der Waals surface area (Å²) in [6.45, 7) is 4.40. The summed E-state index contributed by atoms with van der Waals surface area (Å²) in [6.07, 6.45) is 1.80. The number of thiazole rings is 1. The van der Waals surface area contributed by atoms with Gasteiger partial charge in [-0.1, -0.05) is 22.0 Å². The van der Waals surface area contributed by atoms with Crippen LogP contribution in [0.5, 0.6) is 5.75 Å². The van der Waals surface area contributed by atoms with Gasteiger partial charge in [0.15, 0.2) is 0 Å². The first-order valence-corrected chi connectivity index (χ1v) is 9.83. The van der Waals surface area contributed by atoms with Crippen molar-refractivity contribution in [3.05, 3.63) is 81.4 Å². The predicted molar refractivity (Wildman–Crippen MR) is 122 cm³/mol. The number of benzene rings is 2. The Kier molecular flexibility index (Phi) is 8.22. The maximum Gasteiger partial charge on any atom is 0.271 e. The van der Waals surface area contributed by atoms with Crippen molar-refractivity contribution in [1.29, 1.82) is 0 Å². The van der Waals surface area contributed by atoms with Crippen LogP contribution in [0.4, 0.5) is 0 Å². The average Bonchev–Trinajstić information content (AvgIpc) is 3.09. The molecule has 3 rings (SSSR count). The molecule has 0 saturated heterocycles. The summed E-state index contributed by atoms with van der Waals surface area (Å²) < 4.78 is 8.13. The Balaban J connectivity index is 0.00000280. The van der Waals surface area contributed by atoms with Crippen LogP contribution in [0.1, 0.15) is 10.4 Å². The molecule has 1 amide bonds. The van der Waals surface area contributed by atoms with Gasteiger partial charge >= 0.3 is 0 Å². The van der Waals surface area contributed by atoms with E-state index in [1.54, 1.807) is 25.3 Å². The molecular formula is C20H19Br2N3O2S. The minimum absolute atomic E-state index is 0. The molecule has 1 N–H and O–H groups in total. The Labute approximate surface area is 186 Å². The van der Waals surface area contributed by atoms with Gasteiger partial charge in [0.2, 0.25) is 4.80 Å². The molecule has 0 unspecified atom stereocenters. The molecule has 8 heteroatoms. The van der Waals surface area contributed by atoms with Gasteiger partial charge in [-0.25, -0.2) is 5.43 Å². The lowest BCUT2D eigenvalue weighted by atomic mass is 10.1. The highest BCUT2D eigenvalue weighted by Gasteiger charge is 2.09. The van der Waals surface area contributed by atoms with Gasteiger partial charge in [0.05, 0.1) is 12.8 Å². The lowest BCUT2D eigenvalue weighted by molar-refractivity contribution is 0.0953. The molecule has 0 aliphatic heterocycles. The van der Waals surface area contributed by atoms with E-state index in [0.29, 0.717) is 16.9 Å². The van der Waals surface area contributed by atoms with Crippen LogP contribution in [0.15, 0.2) is 76.1 Å². The third kappa shape index (κ3) is 5.21. The molecule has 5 nitrogen and oxygen atoms in total. The van der Waals surface area contributed by atoms with Crippen molar-refractivity contribution in [2.24, 2.45) is 5.10 Å². The highest BCUT2D eigenvalue weighted by Crippen LogP contribution is 2.23. The van der Waals surface area contributed by atoms with E-state index in [2.05, 4.69) is 33.0 Å². The van der Waals surface area contributed by atoms with Crippen molar-refractivity contribution >= 4 is 50.2 Å². The summed E-state index contributed by atoms with van der Waals surface area (Å²) in [7, 11) is 1.64. The number of halogens is 2. The van der Waals surface area contributed by atoms with Crippen LogP contribution in [0, 0.1) is 0 Å². The first kappa shape index (κ1) is 22.1. The predicted octanol–water partition coefficient (Wildman–Crippen LogP) is 5.00. The van der Waals surface area contributed by atoms with Crippen LogP contribution >= 0.6 is 44.2 Å². The van der Waals surface area contributed by atoms with E-state index < -0.39 is 0 Å². The van der Waals surface area contributed by atoms with Crippen LogP contribution in [0.25, 0.3) is 11.3 Å². The summed E-state index contributed by atoms with van der Waals surface area (Å²) >= 11 is 4.81. The summed E-state index contributed by atoms with van der Waals surface area (Å²) in [5.74, 6) is 0.544. The standard InChI is InChI=1S/C20H18BrN3O2S.BrH/c1-3-12-24-18(14-6-10-17(26-2)11-7-14)13-27-20(24)23-22-19(25)15-4-8-16(21)9-5-15;/h3-11,13H,1,12H2,2H3,(H,22,25);1H/b23-20+;. The van der Waals surface area contributed by atoms with Gasteiger partial charge in [0.25, 0.3) is 5.91 Å². The molecule has 2 aromatic carbocycles. The fraction of sp³-hybridized carbons (Fsp3) is 0.100. The van der Waals surface area contributed by atoms with Gasteiger partial charge < -0.3 is 9.30 Å². The Morgan fingerprint density at radius 2 is 1.93 bits per heavy atom. The van der Waals surface area contributed by atoms with Crippen LogP contribution in [0.2, 0.25) is 0 Å². The van der Waals surface area contributed by atoms with E-state index in [4.69, 9.17) is 4.74 Å². The zero-order chi connectivity index (χ0) is 19.2. The first-order chi connectivity index (χ1) is 13.1. The Bertz CT molecular complexity index is 1010. The number of hydrogen-bond acceptors (Lipinski definition) is 4. The number of hydrogen-bond donors (Lipinski definition) is 1. The fourth-order valence-corrected chi connectivity index (χ4v) is 3.62. The van der Waals surface area contributed by atoms with Gasteiger partial charge in [-0.05, 0) is 54.1 Å². The Morgan fingerprint density at radius 3 is 2.54 bits per heavy atom. The number of rotatable bonds is 6. The molecule has 3 aromatic rings. The summed E-state index contributed by atoms with van der Waals surface area (Å²) in [4.78, 5) is 13.0. The van der Waals surface area contributed by atoms with Crippen molar-refractivity contribution in [2.75, 3.05) is 7.11 Å². The Morgan fingerprint density at radius 1 is 1.25 bits per heavy atom. The van der Waals surface area contributed by atoms with E-state index in [-0.39, 0.29) is 22.9 Å². The number of nitrogens with one attached hydrogen (secondary N) is 1. The number of amides is 1. The lowest BCUT2D eigenvalue weighted by Gasteiger charge is -2.07. The maximum absolute atomic E-state index is 12.3. The topological polar surface area (TPSA) is 55.6 Å². The maximum atomic E-state index is 12.3. The molecule has 0 radical (unpaired) electrons. The molecule has 0 atom stereocenters. The summed E-state index contributed by atoms with van der Waals surface area (Å²) in [6, 6.07) is 14.9. The second-order valence-electron chi connectivity index (χ2n) is 5.59. The van der Waals surface area contributed by atoms with Gasteiger partial charge in [0.1, 0.15) is 5.75 Å². The quantitative estimate of drug-likeness (QED) is 0.364. The normalized spacial score (nSPS) is 10.9. The SMILES string of the molecule is Br.C=CCn1c(-c2ccc(OC)cc2)cs/c1=N/NC(=O)c1ccc(Br)cc1. The highest BCUT2D eigenvalue weighted by molar-refractivity contribution is 9.10. The lowest BCUT2D eigenvalue weighted by Crippen LogP contribution is -2.24. The van der Waals surface area contributed by atoms with E-state index in [1.807, 2.05) is 46.3 Å². The van der Waals surface area contributed by atoms with Crippen molar-refractivity contribution in [1.82, 2.24) is 9.99 Å². The minimum atomic E-state index is -0.257. The fourth-order valence-electron chi connectivity index (χ4n) is 2.48. The second-order valence-corrected chi connectivity index (χ2v) is 7.34. The third-order valence-electron chi connectivity index (χ3n) is 3.85. The molecule has 28 heavy (non-hydrogen) atoms. The van der Waals surface area contributed by atoms with Gasteiger partial charge in [0, 0.05) is 22.0 Å². The molecule has 146 valence electrons. The highest BCUT2D eigenvalue weighted by atomic mass is 79.9. The number of methoxy groups -OCH3 is 1. The first-order valence-electron chi connectivity index (χ1n) is 8.15. The molecule has 0 spiro atoms. The van der Waals surface area contributed by atoms with Crippen molar-refractivity contribution in [2.45, 2.75) is 6.54 Å². The minimum Gasteiger partial charge on any atom is -0.497 e. The molecule has 0 saturated carbocycles. The van der Waals surface area contributed by atoms with Crippen molar-refractivity contribution in [3.8, 4) is 17.0 Å². The molecule has 0 fully saturated rings. The summed E-state index contributed by atoms with van der Waals surface area (Å²) in [5.41, 5.74) is 5.20. The van der Waals surface area contributed by atoms with E-state index in [1.165, 1.54) is 11.3 Å². The third-order valence-corrected chi connectivity index (χ3v) is 5.25. The Hall–Kier alpha value is -2.16. The smallest absolute Gasteiger partial charge is 0.271 e. The van der Waals surface area contributed by atoms with Crippen LogP contribution < -0.4 is 15.0 Å². The van der Waals surface area contributed by atoms with E-state index in [9.17, 15) is 4.79 Å². The monoisotopic (exact) mass is 523 g/mol. The van der Waals surface area contributed by atoms with Crippen molar-refractivity contribution in [3.63, 3.8) is 0 Å². The number of allylic oxidation sites excluding steroid dienone is 1.